The summed E-state index contributed by atoms with van der Waals surface area (Å²) < 4.78 is 89.5. The van der Waals surface area contributed by atoms with Gasteiger partial charge in [-0.05, 0) is 81.8 Å². The van der Waals surface area contributed by atoms with Gasteiger partial charge in [-0.1, -0.05) is 17.7 Å². The number of imide groups is 1. The van der Waals surface area contributed by atoms with Gasteiger partial charge in [-0.25, -0.2) is 9.37 Å². The fourth-order valence-electron chi connectivity index (χ4n) is 10.3. The lowest BCUT2D eigenvalue weighted by molar-refractivity contribution is -0.138. The first-order valence-corrected chi connectivity index (χ1v) is 24.2. The van der Waals surface area contributed by atoms with Gasteiger partial charge in [0.2, 0.25) is 11.8 Å². The van der Waals surface area contributed by atoms with Crippen LogP contribution in [0.4, 0.5) is 29.2 Å². The van der Waals surface area contributed by atoms with Gasteiger partial charge in [0.25, 0.3) is 5.91 Å². The third kappa shape index (κ3) is 10.9. The maximum atomic E-state index is 16.9. The standard InChI is InChI=1S/C48H56ClF4N9O8/c1-27-21-37(54)56-43(40(27)48(51,52)53)39-34(49)22-32-42(41(39)50)58-47(59-44(32)61-23-28-8-9-29(24-61)55-28)70-26-30-5-3-12-60(30)13-4-14-66-15-16-67-17-18-68-19-20-69-36-7-2-6-31-33(36)25-62(46(31)65)35-10-11-38(63)57-45(35)64/h2,6-7,21-22,28-30,35,55H,3-5,8-20,23-26H2,1H3,(H2,54,56)(H,57,63,64)/t28?,29?,30-,35?/m0/s1. The molecule has 4 aromatic rings. The van der Waals surface area contributed by atoms with Gasteiger partial charge >= 0.3 is 12.2 Å². The Labute approximate surface area is 406 Å². The van der Waals surface area contributed by atoms with E-state index in [4.69, 9.17) is 46.0 Å². The van der Waals surface area contributed by atoms with Crippen molar-refractivity contribution in [1.29, 1.82) is 0 Å². The molecule has 5 aliphatic rings. The Hall–Kier alpha value is -5.45. The lowest BCUT2D eigenvalue weighted by Gasteiger charge is -2.34. The molecule has 0 saturated carbocycles. The number of hydrogen-bond donors (Lipinski definition) is 3. The number of carbonyl (C=O) groups is 3. The summed E-state index contributed by atoms with van der Waals surface area (Å²) in [4.78, 5) is 56.1. The van der Waals surface area contributed by atoms with Crippen molar-refractivity contribution in [2.45, 2.75) is 88.8 Å². The van der Waals surface area contributed by atoms with Crippen LogP contribution in [0.5, 0.6) is 11.8 Å². The number of nitrogen functional groups attached to an aromatic ring is 1. The third-order valence-corrected chi connectivity index (χ3v) is 13.8. The molecule has 22 heteroatoms. The lowest BCUT2D eigenvalue weighted by atomic mass is 9.99. The van der Waals surface area contributed by atoms with Crippen molar-refractivity contribution in [1.82, 2.24) is 35.4 Å². The van der Waals surface area contributed by atoms with Gasteiger partial charge in [-0.2, -0.15) is 23.1 Å². The number of alkyl halides is 3. The molecule has 3 amide bonds. The Morgan fingerprint density at radius 3 is 2.36 bits per heavy atom. The smallest absolute Gasteiger partial charge is 0.418 e. The number of carbonyl (C=O) groups excluding carboxylic acids is 3. The number of anilines is 2. The first kappa shape index (κ1) is 49.5. The minimum Gasteiger partial charge on any atom is -0.491 e. The van der Waals surface area contributed by atoms with E-state index in [1.807, 2.05) is 4.90 Å². The zero-order valence-electron chi connectivity index (χ0n) is 38.8. The summed E-state index contributed by atoms with van der Waals surface area (Å²) in [5.41, 5.74) is 4.25. The first-order chi connectivity index (χ1) is 33.7. The monoisotopic (exact) mass is 997 g/mol. The Balaban J connectivity index is 0.721. The van der Waals surface area contributed by atoms with Gasteiger partial charge in [0, 0.05) is 67.3 Å². The minimum absolute atomic E-state index is 0.0269. The second-order valence-corrected chi connectivity index (χ2v) is 18.7. The molecule has 2 bridgehead atoms. The molecule has 4 N–H and O–H groups in total. The van der Waals surface area contributed by atoms with E-state index < -0.39 is 40.8 Å². The summed E-state index contributed by atoms with van der Waals surface area (Å²) in [6, 6.07) is 7.37. The van der Waals surface area contributed by atoms with Crippen molar-refractivity contribution in [3.63, 3.8) is 0 Å². The van der Waals surface area contributed by atoms with Crippen molar-refractivity contribution < 1.29 is 55.6 Å². The van der Waals surface area contributed by atoms with Crippen molar-refractivity contribution in [2.75, 3.05) is 89.7 Å². The number of fused-ring (bicyclic) bond motifs is 4. The number of ether oxygens (including phenoxy) is 5. The molecular weight excluding hydrogens is 942 g/mol. The van der Waals surface area contributed by atoms with E-state index in [-0.39, 0.29) is 95.9 Å². The molecule has 4 atom stereocenters. The molecule has 4 fully saturated rings. The predicted octanol–water partition coefficient (Wildman–Crippen LogP) is 5.46. The summed E-state index contributed by atoms with van der Waals surface area (Å²) in [6.45, 7) is 7.08. The molecule has 7 heterocycles. The Bertz CT molecular complexity index is 2600. The van der Waals surface area contributed by atoms with Gasteiger partial charge in [0.1, 0.15) is 42.2 Å². The number of piperidine rings is 1. The van der Waals surface area contributed by atoms with Crippen LogP contribution in [0.1, 0.15) is 72.0 Å². The maximum absolute atomic E-state index is 16.9. The second-order valence-electron chi connectivity index (χ2n) is 18.3. The number of amides is 3. The van der Waals surface area contributed by atoms with Gasteiger partial charge in [0.15, 0.2) is 5.82 Å². The molecule has 4 saturated heterocycles. The number of rotatable bonds is 20. The summed E-state index contributed by atoms with van der Waals surface area (Å²) in [6.07, 6.45) is 0.130. The van der Waals surface area contributed by atoms with E-state index in [2.05, 4.69) is 25.5 Å². The van der Waals surface area contributed by atoms with Gasteiger partial charge in [-0.3, -0.25) is 24.6 Å². The summed E-state index contributed by atoms with van der Waals surface area (Å²) >= 11 is 6.66. The molecule has 3 unspecified atom stereocenters. The van der Waals surface area contributed by atoms with E-state index in [0.29, 0.717) is 75.4 Å². The average Bonchev–Trinajstić information content (AvgIpc) is 4.01. The average molecular weight is 998 g/mol. The highest BCUT2D eigenvalue weighted by atomic mass is 35.5. The number of nitrogens with one attached hydrogen (secondary N) is 2. The number of pyridine rings is 1. The van der Waals surface area contributed by atoms with Gasteiger partial charge < -0.3 is 44.5 Å². The quantitative estimate of drug-likeness (QED) is 0.0574. The fourth-order valence-corrected chi connectivity index (χ4v) is 10.5. The number of aromatic nitrogens is 3. The predicted molar refractivity (Wildman–Crippen MR) is 249 cm³/mol. The number of halogens is 5. The Kier molecular flexibility index (Phi) is 15.2. The number of benzene rings is 2. The summed E-state index contributed by atoms with van der Waals surface area (Å²) in [5.74, 6) is -1.39. The topological polar surface area (TPSA) is 196 Å². The van der Waals surface area contributed by atoms with Crippen LogP contribution < -0.4 is 30.7 Å². The van der Waals surface area contributed by atoms with Crippen LogP contribution in [0.2, 0.25) is 5.02 Å². The molecule has 17 nitrogen and oxygen atoms in total. The SMILES string of the molecule is Cc1cc(N)nc(-c2c(Cl)cc3c(N4CC5CCC(C4)N5)nc(OC[C@@H]4CCCN4CCCOCCOCCOCCOc4cccc5c4CN(C4CCC(=O)NC4=O)C5=O)nc3c2F)c1C(F)(F)F. The number of nitrogens with zero attached hydrogens (tertiary/aromatic N) is 6. The normalized spacial score (nSPS) is 21.5. The third-order valence-electron chi connectivity index (χ3n) is 13.5. The molecule has 376 valence electrons. The van der Waals surface area contributed by atoms with Crippen LogP contribution in [-0.2, 0) is 36.5 Å². The minimum atomic E-state index is -4.87. The van der Waals surface area contributed by atoms with E-state index in [9.17, 15) is 27.6 Å². The summed E-state index contributed by atoms with van der Waals surface area (Å²) in [5, 5.41) is 5.87. The fraction of sp³-hybridized carbons (Fsp3) is 0.542. The maximum Gasteiger partial charge on any atom is 0.418 e. The first-order valence-electron chi connectivity index (χ1n) is 23.8. The molecule has 2 aromatic heterocycles. The number of piperazine rings is 1. The van der Waals surface area contributed by atoms with Crippen molar-refractivity contribution >= 4 is 51.9 Å². The molecule has 5 aliphatic heterocycles. The number of nitrogens with two attached hydrogens (primary N) is 1. The molecule has 9 rings (SSSR count). The molecule has 0 spiro atoms. The van der Waals surface area contributed by atoms with Crippen LogP contribution in [0.15, 0.2) is 30.3 Å². The number of aryl methyl sites for hydroxylation is 1. The molecule has 0 aliphatic carbocycles. The number of likely N-dealkylation sites (tertiary alicyclic amines) is 1. The largest absolute Gasteiger partial charge is 0.491 e. The van der Waals surface area contributed by atoms with Gasteiger partial charge in [0.05, 0.1) is 61.4 Å². The van der Waals surface area contributed by atoms with Crippen molar-refractivity contribution in [3.8, 4) is 23.0 Å². The van der Waals surface area contributed by atoms with Crippen LogP contribution in [0.3, 0.4) is 0 Å². The van der Waals surface area contributed by atoms with E-state index in [0.717, 1.165) is 51.3 Å². The highest BCUT2D eigenvalue weighted by Gasteiger charge is 2.42. The molecule has 2 aromatic carbocycles. The molecule has 70 heavy (non-hydrogen) atoms. The van der Waals surface area contributed by atoms with Crippen LogP contribution in [0, 0.1) is 12.7 Å². The zero-order valence-corrected chi connectivity index (χ0v) is 39.5. The van der Waals surface area contributed by atoms with Crippen LogP contribution in [-0.4, -0.2) is 146 Å². The zero-order chi connectivity index (χ0) is 49.1. The van der Waals surface area contributed by atoms with E-state index >= 15 is 4.39 Å². The van der Waals surface area contributed by atoms with Crippen LogP contribution >= 0.6 is 11.6 Å². The van der Waals surface area contributed by atoms with Crippen molar-refractivity contribution in [3.05, 3.63) is 63.4 Å². The molecular formula is C48H56ClF4N9O8. The van der Waals surface area contributed by atoms with E-state index in [1.165, 1.54) is 17.9 Å². The number of hydrogen-bond acceptors (Lipinski definition) is 15. The Morgan fingerprint density at radius 1 is 0.900 bits per heavy atom. The second kappa shape index (κ2) is 21.5. The summed E-state index contributed by atoms with van der Waals surface area (Å²) in [7, 11) is 0. The Morgan fingerprint density at radius 2 is 1.63 bits per heavy atom. The highest BCUT2D eigenvalue weighted by Crippen LogP contribution is 2.45. The lowest BCUT2D eigenvalue weighted by Crippen LogP contribution is -2.52. The van der Waals surface area contributed by atoms with Gasteiger partial charge in [-0.15, -0.1) is 0 Å². The highest BCUT2D eigenvalue weighted by molar-refractivity contribution is 6.34. The molecule has 0 radical (unpaired) electrons. The van der Waals surface area contributed by atoms with Crippen LogP contribution in [0.25, 0.3) is 22.2 Å². The van der Waals surface area contributed by atoms with E-state index in [1.54, 1.807) is 18.2 Å². The van der Waals surface area contributed by atoms with Crippen molar-refractivity contribution in [2.24, 2.45) is 0 Å².